The molecule has 9 heteroatoms. The third-order valence-corrected chi connectivity index (χ3v) is 0. The van der Waals surface area contributed by atoms with E-state index in [-0.39, 0.29) is 26.5 Å². The first kappa shape index (κ1) is 33.3. The van der Waals surface area contributed by atoms with Crippen molar-refractivity contribution in [2.45, 2.75) is 0 Å². The van der Waals surface area contributed by atoms with Crippen molar-refractivity contribution < 1.29 is 42.3 Å². The van der Waals surface area contributed by atoms with E-state index in [0.29, 0.717) is 0 Å². The van der Waals surface area contributed by atoms with E-state index in [9.17, 15) is 0 Å². The molecule has 0 spiro atoms. The molecule has 0 saturated carbocycles. The van der Waals surface area contributed by atoms with Crippen LogP contribution in [-0.4, -0.2) is 31.4 Å². The van der Waals surface area contributed by atoms with Gasteiger partial charge in [-0.2, -0.15) is 0 Å². The molecule has 9 heavy (non-hydrogen) atoms. The average molecular weight is 304 g/mol. The van der Waals surface area contributed by atoms with Crippen LogP contribution in [0.4, 0.5) is 9.41 Å². The maximum atomic E-state index is 8.50. The molecule has 0 aliphatic rings. The molecule has 0 heterocycles. The molecule has 55 valence electrons. The molecule has 0 aromatic rings. The van der Waals surface area contributed by atoms with E-state index in [1.807, 2.05) is 0 Å². The summed E-state index contributed by atoms with van der Waals surface area (Å²) in [7, 11) is 0. The van der Waals surface area contributed by atoms with Crippen molar-refractivity contribution in [1.29, 1.82) is 0 Å². The molecule has 0 fully saturated rings. The van der Waals surface area contributed by atoms with Crippen molar-refractivity contribution in [3.63, 3.8) is 0 Å². The molecule has 0 amide bonds. The molecule has 0 saturated heterocycles. The summed E-state index contributed by atoms with van der Waals surface area (Å²) in [6.07, 6.45) is 0. The van der Waals surface area contributed by atoms with Crippen molar-refractivity contribution in [2.75, 3.05) is 0 Å². The fraction of sp³-hybridized carbons (Fsp3) is 0. The Morgan fingerprint density at radius 3 is 0.889 bits per heavy atom. The molecule has 0 unspecified atom stereocenters. The zero-order chi connectivity index (χ0) is 5.41. The number of hydrogen-bond donors (Lipinski definition) is 0. The Kier molecular flexibility index (Phi) is 266. The maximum absolute atomic E-state index is 8.50. The summed E-state index contributed by atoms with van der Waals surface area (Å²) in [6, 6.07) is 0. The van der Waals surface area contributed by atoms with E-state index in [0.717, 1.165) is 0 Å². The Bertz CT molecular complexity index is 37.5. The van der Waals surface area contributed by atoms with Crippen molar-refractivity contribution in [1.82, 2.24) is 0 Å². The Morgan fingerprint density at radius 1 is 0.889 bits per heavy atom. The molecule has 4 nitrogen and oxygen atoms in total. The van der Waals surface area contributed by atoms with E-state index in [4.69, 9.17) is 15.8 Å². The summed E-state index contributed by atoms with van der Waals surface area (Å²) in [4.78, 5) is 0. The van der Waals surface area contributed by atoms with Gasteiger partial charge in [-0.05, 0) is 0 Å². The fourth-order valence-electron chi connectivity index (χ4n) is 0. The quantitative estimate of drug-likeness (QED) is 0.445. The number of rotatable bonds is 0. The average Bonchev–Trinajstić information content (AvgIpc) is 1.39. The molecule has 0 aliphatic heterocycles. The summed E-state index contributed by atoms with van der Waals surface area (Å²) in [5, 5.41) is 0. The van der Waals surface area contributed by atoms with E-state index in [1.54, 1.807) is 0 Å². The van der Waals surface area contributed by atoms with Crippen molar-refractivity contribution in [3.8, 4) is 0 Å². The van der Waals surface area contributed by atoms with Crippen LogP contribution in [0.15, 0.2) is 0 Å². The van der Waals surface area contributed by atoms with Gasteiger partial charge < -0.3 is 0 Å². The first-order valence-electron chi connectivity index (χ1n) is 0.816. The molecule has 0 bridgehead atoms. The second-order valence-electron chi connectivity index (χ2n) is 0.167. The Hall–Kier alpha value is 0.665. The molecule has 0 aliphatic carbocycles. The third kappa shape index (κ3) is 870. The van der Waals surface area contributed by atoms with Gasteiger partial charge in [-0.1, -0.05) is 0 Å². The van der Waals surface area contributed by atoms with Gasteiger partial charge in [-0.25, -0.2) is 0 Å². The standard InChI is InChI=1S/2FH.2GeO2.Mn/c;;2*2-1-3;/h2*1H;;;/q;;2*-1;+2. The van der Waals surface area contributed by atoms with Gasteiger partial charge in [0.1, 0.15) is 0 Å². The van der Waals surface area contributed by atoms with Crippen LogP contribution in [0.2, 0.25) is 0 Å². The van der Waals surface area contributed by atoms with E-state index < -0.39 is 31.4 Å². The number of hydrogen-bond acceptors (Lipinski definition) is 4. The molecular weight excluding hydrogens is 302 g/mol. The van der Waals surface area contributed by atoms with Crippen molar-refractivity contribution in [3.05, 3.63) is 0 Å². The predicted molar refractivity (Wildman–Crippen MR) is 17.9 cm³/mol. The van der Waals surface area contributed by atoms with Gasteiger partial charge in [0.15, 0.2) is 0 Å². The summed E-state index contributed by atoms with van der Waals surface area (Å²) in [6.45, 7) is 0. The minimum absolute atomic E-state index is 0. The van der Waals surface area contributed by atoms with Crippen LogP contribution >= 0.6 is 0 Å². The first-order valence-corrected chi connectivity index (χ1v) is 4.24. The summed E-state index contributed by atoms with van der Waals surface area (Å²) < 4.78 is 34.0. The molecule has 3 radical (unpaired) electrons. The Balaban J connectivity index is -0.00000000889. The second-order valence-corrected chi connectivity index (χ2v) is 0.866. The van der Waals surface area contributed by atoms with Crippen LogP contribution in [0.5, 0.6) is 0 Å². The summed E-state index contributed by atoms with van der Waals surface area (Å²) >= 11 is -4.00. The van der Waals surface area contributed by atoms with Crippen LogP contribution in [0.25, 0.3) is 0 Å². The second kappa shape index (κ2) is 71.7. The third-order valence-electron chi connectivity index (χ3n) is 0. The summed E-state index contributed by atoms with van der Waals surface area (Å²) in [5.74, 6) is 0. The summed E-state index contributed by atoms with van der Waals surface area (Å²) in [5.41, 5.74) is 0. The molecule has 0 rings (SSSR count). The van der Waals surface area contributed by atoms with Gasteiger partial charge >= 0.3 is 64.3 Å². The predicted octanol–water partition coefficient (Wildman–Crippen LogP) is -3.07. The monoisotopic (exact) mass is 307 g/mol. The number of halogens is 2. The normalized spacial score (nSPS) is 2.67. The minimum atomic E-state index is -2.00. The van der Waals surface area contributed by atoms with Gasteiger partial charge in [-0.15, -0.1) is 0 Å². The fourth-order valence-corrected chi connectivity index (χ4v) is 0. The van der Waals surface area contributed by atoms with Gasteiger partial charge in [0, 0.05) is 0 Å². The molecule has 0 atom stereocenters. The van der Waals surface area contributed by atoms with Crippen LogP contribution in [-0.2, 0) is 24.6 Å². The van der Waals surface area contributed by atoms with Crippen molar-refractivity contribution >= 4 is 31.4 Å². The van der Waals surface area contributed by atoms with Gasteiger partial charge in [0.2, 0.25) is 0 Å². The molecule has 0 aromatic heterocycles. The topological polar surface area (TPSA) is 80.3 Å². The van der Waals surface area contributed by atoms with Crippen LogP contribution in [0.3, 0.4) is 0 Å². The van der Waals surface area contributed by atoms with Gasteiger partial charge in [-0.3, -0.25) is 9.41 Å². The van der Waals surface area contributed by atoms with Gasteiger partial charge in [0.05, 0.1) is 0 Å². The molecular formula is H2F2Ge2MnO4. The van der Waals surface area contributed by atoms with Crippen LogP contribution in [0, 0.1) is 0 Å². The van der Waals surface area contributed by atoms with Crippen molar-refractivity contribution in [2.24, 2.45) is 0 Å². The Labute approximate surface area is 73.7 Å². The van der Waals surface area contributed by atoms with Crippen LogP contribution in [0.1, 0.15) is 0 Å². The van der Waals surface area contributed by atoms with Crippen LogP contribution < -0.4 is 8.27 Å². The molecule has 0 N–H and O–H groups in total. The SMILES string of the molecule is F.F.[Mn+2].[O]=[Ge][O-].[O]=[Ge][O-]. The van der Waals surface area contributed by atoms with Gasteiger partial charge in [0.25, 0.3) is 0 Å². The van der Waals surface area contributed by atoms with E-state index >= 15 is 0 Å². The van der Waals surface area contributed by atoms with E-state index in [1.165, 1.54) is 0 Å². The van der Waals surface area contributed by atoms with E-state index in [2.05, 4.69) is 0 Å². The zero-order valence-corrected chi connectivity index (χ0v) is 9.20. The zero-order valence-electron chi connectivity index (χ0n) is 3.83. The molecule has 0 aromatic carbocycles. The Morgan fingerprint density at radius 2 is 0.889 bits per heavy atom. The first-order chi connectivity index (χ1) is 2.83.